The molecule has 1 N–H and O–H groups in total. The molecule has 1 aromatic heterocycles. The Morgan fingerprint density at radius 1 is 1.11 bits per heavy atom. The van der Waals surface area contributed by atoms with Crippen LogP contribution in [0.5, 0.6) is 0 Å². The van der Waals surface area contributed by atoms with Crippen LogP contribution in [0.3, 0.4) is 0 Å². The minimum absolute atomic E-state index is 0.187. The van der Waals surface area contributed by atoms with Crippen LogP contribution in [0.25, 0.3) is 23.4 Å². The van der Waals surface area contributed by atoms with Gasteiger partial charge in [-0.15, -0.1) is 5.10 Å². The average Bonchev–Trinajstić information content (AvgIpc) is 3.14. The number of rotatable bonds is 4. The number of aromatic nitrogens is 3. The molecule has 0 unspecified atom stereocenters. The van der Waals surface area contributed by atoms with Gasteiger partial charge in [0.15, 0.2) is 5.69 Å². The number of hydrogen-bond donors (Lipinski definition) is 1. The van der Waals surface area contributed by atoms with Gasteiger partial charge in [-0.25, -0.2) is 0 Å². The van der Waals surface area contributed by atoms with E-state index in [9.17, 15) is 13.2 Å². The minimum Gasteiger partial charge on any atom is -0.196 e. The first kappa shape index (κ1) is 18.4. The van der Waals surface area contributed by atoms with Gasteiger partial charge >= 0.3 is 6.18 Å². The van der Waals surface area contributed by atoms with Crippen LogP contribution in [-0.2, 0) is 12.6 Å². The fourth-order valence-corrected chi connectivity index (χ4v) is 2.73. The van der Waals surface area contributed by atoms with Gasteiger partial charge in [-0.1, -0.05) is 43.3 Å². The Morgan fingerprint density at radius 3 is 2.63 bits per heavy atom. The summed E-state index contributed by atoms with van der Waals surface area (Å²) in [5, 5.41) is 19.3. The Bertz CT molecular complexity index is 1030. The lowest BCUT2D eigenvalue weighted by atomic mass is 9.98. The zero-order valence-electron chi connectivity index (χ0n) is 14.4. The van der Waals surface area contributed by atoms with Gasteiger partial charge in [-0.05, 0) is 41.3 Å². The second-order valence-electron chi connectivity index (χ2n) is 5.86. The molecule has 4 nitrogen and oxygen atoms in total. The second kappa shape index (κ2) is 7.46. The van der Waals surface area contributed by atoms with Crippen molar-refractivity contribution in [2.24, 2.45) is 0 Å². The smallest absolute Gasteiger partial charge is 0.196 e. The Labute approximate surface area is 154 Å². The molecule has 0 aliphatic heterocycles. The zero-order valence-corrected chi connectivity index (χ0v) is 14.4. The first-order valence-corrected chi connectivity index (χ1v) is 8.22. The predicted molar refractivity (Wildman–Crippen MR) is 96.3 cm³/mol. The third-order valence-electron chi connectivity index (χ3n) is 4.12. The predicted octanol–water partition coefficient (Wildman–Crippen LogP) is 5.09. The van der Waals surface area contributed by atoms with Gasteiger partial charge in [0.2, 0.25) is 0 Å². The maximum atomic E-state index is 12.9. The monoisotopic (exact) mass is 368 g/mol. The van der Waals surface area contributed by atoms with Crippen molar-refractivity contribution in [1.82, 2.24) is 15.4 Å². The fourth-order valence-electron chi connectivity index (χ4n) is 2.73. The van der Waals surface area contributed by atoms with Crippen molar-refractivity contribution < 1.29 is 13.2 Å². The summed E-state index contributed by atoms with van der Waals surface area (Å²) in [4.78, 5) is 0. The summed E-state index contributed by atoms with van der Waals surface area (Å²) in [6.45, 7) is 1.99. The first-order valence-electron chi connectivity index (χ1n) is 8.22. The molecule has 0 bridgehead atoms. The summed E-state index contributed by atoms with van der Waals surface area (Å²) in [5.41, 5.74) is 2.98. The summed E-state index contributed by atoms with van der Waals surface area (Å²) < 4.78 is 38.6. The summed E-state index contributed by atoms with van der Waals surface area (Å²) in [6.07, 6.45) is -0.211. The Morgan fingerprint density at radius 2 is 1.93 bits per heavy atom. The number of H-pyrrole nitrogens is 1. The molecule has 0 atom stereocenters. The van der Waals surface area contributed by atoms with E-state index in [0.717, 1.165) is 29.7 Å². The van der Waals surface area contributed by atoms with Gasteiger partial charge in [-0.2, -0.15) is 28.7 Å². The normalized spacial score (nSPS) is 11.7. The molecule has 0 fully saturated rings. The van der Waals surface area contributed by atoms with E-state index in [2.05, 4.69) is 15.4 Å². The van der Waals surface area contributed by atoms with Gasteiger partial charge in [0.1, 0.15) is 11.8 Å². The second-order valence-corrected chi connectivity index (χ2v) is 5.86. The van der Waals surface area contributed by atoms with Crippen molar-refractivity contribution >= 4 is 12.2 Å². The standard InChI is InChI=1S/C20H15F3N4/c1-2-14-8-9-16(19-18(12-24)25-27-26-19)11-15(14)7-6-13-4-3-5-17(10-13)20(21,22)23/h3-11H,2H2,1H3,(H,25,26,27)/b7-6+. The SMILES string of the molecule is CCc1ccc(-c2n[nH]nc2C#N)cc1/C=C/c1cccc(C(F)(F)F)c1. The number of nitrogens with one attached hydrogen (secondary N) is 1. The molecule has 7 heteroatoms. The first-order chi connectivity index (χ1) is 12.9. The van der Waals surface area contributed by atoms with E-state index in [-0.39, 0.29) is 5.69 Å². The zero-order chi connectivity index (χ0) is 19.4. The highest BCUT2D eigenvalue weighted by Gasteiger charge is 2.30. The van der Waals surface area contributed by atoms with Crippen LogP contribution in [0.1, 0.15) is 34.9 Å². The van der Waals surface area contributed by atoms with E-state index < -0.39 is 11.7 Å². The van der Waals surface area contributed by atoms with Crippen LogP contribution in [0.4, 0.5) is 13.2 Å². The number of hydrogen-bond acceptors (Lipinski definition) is 3. The molecule has 0 radical (unpaired) electrons. The molecular formula is C20H15F3N4. The number of aromatic amines is 1. The Hall–Kier alpha value is -3.40. The number of nitrogens with zero attached hydrogens (tertiary/aromatic N) is 3. The lowest BCUT2D eigenvalue weighted by Gasteiger charge is -2.08. The van der Waals surface area contributed by atoms with Crippen molar-refractivity contribution in [3.05, 3.63) is 70.4 Å². The molecule has 0 aliphatic rings. The van der Waals surface area contributed by atoms with Gasteiger partial charge in [-0.3, -0.25) is 0 Å². The van der Waals surface area contributed by atoms with Crippen LogP contribution in [-0.4, -0.2) is 15.4 Å². The molecule has 0 saturated heterocycles. The van der Waals surface area contributed by atoms with E-state index in [0.29, 0.717) is 16.8 Å². The highest BCUT2D eigenvalue weighted by atomic mass is 19.4. The van der Waals surface area contributed by atoms with E-state index in [1.54, 1.807) is 18.2 Å². The summed E-state index contributed by atoms with van der Waals surface area (Å²) in [6, 6.07) is 12.7. The highest BCUT2D eigenvalue weighted by molar-refractivity contribution is 5.75. The van der Waals surface area contributed by atoms with Crippen molar-refractivity contribution in [1.29, 1.82) is 5.26 Å². The van der Waals surface area contributed by atoms with Crippen LogP contribution in [0.2, 0.25) is 0 Å². The van der Waals surface area contributed by atoms with Gasteiger partial charge in [0, 0.05) is 5.56 Å². The number of alkyl halides is 3. The highest BCUT2D eigenvalue weighted by Crippen LogP contribution is 2.30. The molecule has 1 heterocycles. The molecule has 136 valence electrons. The quantitative estimate of drug-likeness (QED) is 0.652. The lowest BCUT2D eigenvalue weighted by molar-refractivity contribution is -0.137. The molecule has 3 aromatic rings. The van der Waals surface area contributed by atoms with E-state index in [1.165, 1.54) is 6.07 Å². The van der Waals surface area contributed by atoms with Crippen molar-refractivity contribution in [2.45, 2.75) is 19.5 Å². The summed E-state index contributed by atoms with van der Waals surface area (Å²) in [5.74, 6) is 0. The number of halogens is 3. The van der Waals surface area contributed by atoms with E-state index >= 15 is 0 Å². The third-order valence-corrected chi connectivity index (χ3v) is 4.12. The van der Waals surface area contributed by atoms with Gasteiger partial charge in [0.05, 0.1) is 5.56 Å². The summed E-state index contributed by atoms with van der Waals surface area (Å²) >= 11 is 0. The molecule has 0 spiro atoms. The van der Waals surface area contributed by atoms with Gasteiger partial charge < -0.3 is 0 Å². The minimum atomic E-state index is -4.38. The van der Waals surface area contributed by atoms with E-state index in [1.807, 2.05) is 31.2 Å². The van der Waals surface area contributed by atoms with E-state index in [4.69, 9.17) is 5.26 Å². The topological polar surface area (TPSA) is 65.4 Å². The molecule has 0 saturated carbocycles. The molecule has 0 amide bonds. The number of nitriles is 1. The third kappa shape index (κ3) is 4.06. The van der Waals surface area contributed by atoms with Crippen molar-refractivity contribution in [3.63, 3.8) is 0 Å². The summed E-state index contributed by atoms with van der Waals surface area (Å²) in [7, 11) is 0. The molecule has 3 rings (SSSR count). The number of aryl methyl sites for hydroxylation is 1. The van der Waals surface area contributed by atoms with Crippen LogP contribution in [0, 0.1) is 11.3 Å². The molecular weight excluding hydrogens is 353 g/mol. The average molecular weight is 368 g/mol. The van der Waals surface area contributed by atoms with Gasteiger partial charge in [0.25, 0.3) is 0 Å². The maximum Gasteiger partial charge on any atom is 0.416 e. The largest absolute Gasteiger partial charge is 0.416 e. The lowest BCUT2D eigenvalue weighted by Crippen LogP contribution is -2.04. The fraction of sp³-hybridized carbons (Fsp3) is 0.150. The number of benzene rings is 2. The Kier molecular flexibility index (Phi) is 5.08. The molecule has 2 aromatic carbocycles. The molecule has 27 heavy (non-hydrogen) atoms. The van der Waals surface area contributed by atoms with Crippen LogP contribution in [0.15, 0.2) is 42.5 Å². The molecule has 0 aliphatic carbocycles. The Balaban J connectivity index is 1.98. The van der Waals surface area contributed by atoms with Crippen molar-refractivity contribution in [3.8, 4) is 17.3 Å². The van der Waals surface area contributed by atoms with Crippen LogP contribution >= 0.6 is 0 Å². The van der Waals surface area contributed by atoms with Crippen LogP contribution < -0.4 is 0 Å². The van der Waals surface area contributed by atoms with Crippen molar-refractivity contribution in [2.75, 3.05) is 0 Å². The maximum absolute atomic E-state index is 12.9.